The minimum absolute atomic E-state index is 0.00101. The summed E-state index contributed by atoms with van der Waals surface area (Å²) in [4.78, 5) is 28.2. The molecule has 0 radical (unpaired) electrons. The molecule has 1 saturated carbocycles. The van der Waals surface area contributed by atoms with E-state index in [1.54, 1.807) is 25.6 Å². The fraction of sp³-hybridized carbons (Fsp3) is 0.455. The molecule has 1 aliphatic carbocycles. The quantitative estimate of drug-likeness (QED) is 0.789. The van der Waals surface area contributed by atoms with Crippen LogP contribution in [0.4, 0.5) is 0 Å². The molecule has 1 atom stereocenters. The Hall–Kier alpha value is -2.54. The number of nitrogens with one attached hydrogen (secondary N) is 1. The van der Waals surface area contributed by atoms with Crippen molar-refractivity contribution in [3.05, 3.63) is 45.6 Å². The molecule has 6 nitrogen and oxygen atoms in total. The maximum atomic E-state index is 13.1. The Morgan fingerprint density at radius 3 is 2.59 bits per heavy atom. The largest absolute Gasteiger partial charge is 0.493 e. The second-order valence-corrected chi connectivity index (χ2v) is 8.49. The normalized spacial score (nSPS) is 18.6. The predicted molar refractivity (Wildman–Crippen MR) is 111 cm³/mol. The number of hydrogen-bond acceptors (Lipinski definition) is 5. The molecule has 0 bridgehead atoms. The predicted octanol–water partition coefficient (Wildman–Crippen LogP) is 3.16. The molecule has 2 heterocycles. The molecule has 1 aromatic carbocycles. The minimum Gasteiger partial charge on any atom is -0.493 e. The summed E-state index contributed by atoms with van der Waals surface area (Å²) >= 11 is 1.63. The van der Waals surface area contributed by atoms with Gasteiger partial charge in [0.05, 0.1) is 26.8 Å². The average Bonchev–Trinajstić information content (AvgIpc) is 3.23. The molecule has 1 aliphatic heterocycles. The molecule has 2 aromatic rings. The highest BCUT2D eigenvalue weighted by atomic mass is 32.1. The van der Waals surface area contributed by atoms with E-state index < -0.39 is 0 Å². The first-order valence-electron chi connectivity index (χ1n) is 9.97. The number of nitrogens with zero attached hydrogens (tertiary/aromatic N) is 1. The second kappa shape index (κ2) is 8.45. The van der Waals surface area contributed by atoms with Gasteiger partial charge >= 0.3 is 0 Å². The van der Waals surface area contributed by atoms with Crippen LogP contribution in [-0.4, -0.2) is 44.0 Å². The molecule has 7 heteroatoms. The number of carbonyl (C=O) groups excluding carboxylic acids is 2. The Morgan fingerprint density at radius 1 is 1.21 bits per heavy atom. The number of fused-ring (bicyclic) bond motifs is 1. The lowest BCUT2D eigenvalue weighted by Gasteiger charge is -2.37. The summed E-state index contributed by atoms with van der Waals surface area (Å²) in [6, 6.07) is 7.84. The zero-order valence-electron chi connectivity index (χ0n) is 16.8. The van der Waals surface area contributed by atoms with Gasteiger partial charge in [0.1, 0.15) is 0 Å². The van der Waals surface area contributed by atoms with Crippen molar-refractivity contribution in [1.82, 2.24) is 10.2 Å². The maximum absolute atomic E-state index is 13.1. The highest BCUT2D eigenvalue weighted by molar-refractivity contribution is 7.10. The number of thiophene rings is 1. The highest BCUT2D eigenvalue weighted by Gasteiger charge is 2.34. The molecule has 154 valence electrons. The van der Waals surface area contributed by atoms with Crippen molar-refractivity contribution in [1.29, 1.82) is 0 Å². The third-order valence-corrected chi connectivity index (χ3v) is 6.82. The van der Waals surface area contributed by atoms with Crippen LogP contribution >= 0.6 is 11.3 Å². The number of rotatable bonds is 6. The summed E-state index contributed by atoms with van der Waals surface area (Å²) in [5.74, 6) is 1.37. The van der Waals surface area contributed by atoms with Gasteiger partial charge in [0.25, 0.3) is 0 Å². The minimum atomic E-state index is -0.188. The lowest BCUT2D eigenvalue weighted by molar-refractivity contribution is -0.136. The molecule has 0 saturated heterocycles. The zero-order chi connectivity index (χ0) is 20.4. The molecular formula is C22H26N2O4S. The fourth-order valence-corrected chi connectivity index (χ4v) is 4.90. The van der Waals surface area contributed by atoms with Gasteiger partial charge in [-0.3, -0.25) is 9.59 Å². The molecule has 0 spiro atoms. The third kappa shape index (κ3) is 3.83. The molecule has 2 amide bonds. The van der Waals surface area contributed by atoms with E-state index in [1.807, 2.05) is 34.5 Å². The fourth-order valence-electron chi connectivity index (χ4n) is 4.05. The van der Waals surface area contributed by atoms with E-state index >= 15 is 0 Å². The van der Waals surface area contributed by atoms with E-state index in [-0.39, 0.29) is 30.3 Å². The van der Waals surface area contributed by atoms with Crippen LogP contribution in [0.25, 0.3) is 0 Å². The first-order chi connectivity index (χ1) is 14.1. The maximum Gasteiger partial charge on any atom is 0.242 e. The Morgan fingerprint density at radius 2 is 1.97 bits per heavy atom. The second-order valence-electron chi connectivity index (χ2n) is 7.51. The standard InChI is InChI=1S/C22H26N2O4S/c1-27-17-11-15-8-9-24(20(25)13-23-22(26)14-5-3-6-14)21(19-7-4-10-29-19)16(15)12-18(17)28-2/h4,7,10-12,14,21H,3,5-6,8-9,13H2,1-2H3,(H,23,26). The Labute approximate surface area is 174 Å². The van der Waals surface area contributed by atoms with Crippen molar-refractivity contribution >= 4 is 23.2 Å². The smallest absolute Gasteiger partial charge is 0.242 e. The van der Waals surface area contributed by atoms with Crippen LogP contribution in [0.15, 0.2) is 29.6 Å². The van der Waals surface area contributed by atoms with E-state index in [2.05, 4.69) is 5.32 Å². The van der Waals surface area contributed by atoms with E-state index in [0.717, 1.165) is 41.7 Å². The van der Waals surface area contributed by atoms with Gasteiger partial charge in [-0.05, 0) is 54.0 Å². The summed E-state index contributed by atoms with van der Waals surface area (Å²) in [5.41, 5.74) is 2.21. The lowest BCUT2D eigenvalue weighted by atomic mass is 9.85. The molecule has 1 N–H and O–H groups in total. The van der Waals surface area contributed by atoms with Gasteiger partial charge in [-0.1, -0.05) is 12.5 Å². The van der Waals surface area contributed by atoms with Crippen LogP contribution in [0, 0.1) is 5.92 Å². The van der Waals surface area contributed by atoms with Gasteiger partial charge in [-0.25, -0.2) is 0 Å². The van der Waals surface area contributed by atoms with Crippen LogP contribution < -0.4 is 14.8 Å². The van der Waals surface area contributed by atoms with Gasteiger partial charge in [0, 0.05) is 17.3 Å². The van der Waals surface area contributed by atoms with Crippen molar-refractivity contribution in [2.75, 3.05) is 27.3 Å². The first-order valence-corrected chi connectivity index (χ1v) is 10.9. The van der Waals surface area contributed by atoms with Gasteiger partial charge in [-0.2, -0.15) is 0 Å². The van der Waals surface area contributed by atoms with E-state index in [4.69, 9.17) is 9.47 Å². The van der Waals surface area contributed by atoms with E-state index in [0.29, 0.717) is 18.0 Å². The molecule has 1 fully saturated rings. The number of ether oxygens (including phenoxy) is 2. The Bertz CT molecular complexity index is 892. The molecule has 2 aliphatic rings. The van der Waals surface area contributed by atoms with Gasteiger partial charge in [0.15, 0.2) is 11.5 Å². The number of methoxy groups -OCH3 is 2. The summed E-state index contributed by atoms with van der Waals surface area (Å²) in [7, 11) is 3.25. The van der Waals surface area contributed by atoms with Gasteiger partial charge < -0.3 is 19.7 Å². The number of benzene rings is 1. The summed E-state index contributed by atoms with van der Waals surface area (Å²) in [6.07, 6.45) is 3.69. The molecular weight excluding hydrogens is 388 g/mol. The zero-order valence-corrected chi connectivity index (χ0v) is 17.6. The third-order valence-electron chi connectivity index (χ3n) is 5.90. The number of carbonyl (C=O) groups is 2. The SMILES string of the molecule is COc1cc2c(cc1OC)C(c1cccs1)N(C(=O)CNC(=O)C1CCC1)CC2. The number of hydrogen-bond donors (Lipinski definition) is 1. The summed E-state index contributed by atoms with van der Waals surface area (Å²) < 4.78 is 11.0. The topological polar surface area (TPSA) is 67.9 Å². The van der Waals surface area contributed by atoms with Crippen molar-refractivity contribution in [3.8, 4) is 11.5 Å². The first kappa shape index (κ1) is 19.8. The summed E-state index contributed by atoms with van der Waals surface area (Å²) in [6.45, 7) is 0.642. The van der Waals surface area contributed by atoms with E-state index in [1.165, 1.54) is 0 Å². The molecule has 1 aromatic heterocycles. The van der Waals surface area contributed by atoms with Gasteiger partial charge in [-0.15, -0.1) is 11.3 Å². The van der Waals surface area contributed by atoms with Crippen molar-refractivity contribution in [2.45, 2.75) is 31.7 Å². The molecule has 29 heavy (non-hydrogen) atoms. The lowest BCUT2D eigenvalue weighted by Crippen LogP contribution is -2.46. The highest BCUT2D eigenvalue weighted by Crippen LogP contribution is 2.42. The van der Waals surface area contributed by atoms with Crippen LogP contribution in [0.3, 0.4) is 0 Å². The monoisotopic (exact) mass is 414 g/mol. The Kier molecular flexibility index (Phi) is 5.76. The van der Waals surface area contributed by atoms with Crippen LogP contribution in [0.2, 0.25) is 0 Å². The Balaban J connectivity index is 1.61. The summed E-state index contributed by atoms with van der Waals surface area (Å²) in [5, 5.41) is 4.86. The van der Waals surface area contributed by atoms with Crippen molar-refractivity contribution < 1.29 is 19.1 Å². The van der Waals surface area contributed by atoms with E-state index in [9.17, 15) is 9.59 Å². The molecule has 1 unspecified atom stereocenters. The van der Waals surface area contributed by atoms with Gasteiger partial charge in [0.2, 0.25) is 11.8 Å². The van der Waals surface area contributed by atoms with Crippen molar-refractivity contribution in [2.24, 2.45) is 5.92 Å². The molecule has 4 rings (SSSR count). The van der Waals surface area contributed by atoms with Crippen LogP contribution in [0.5, 0.6) is 11.5 Å². The van der Waals surface area contributed by atoms with Crippen LogP contribution in [0.1, 0.15) is 41.3 Å². The average molecular weight is 415 g/mol. The van der Waals surface area contributed by atoms with Crippen LogP contribution in [-0.2, 0) is 16.0 Å². The van der Waals surface area contributed by atoms with Crippen molar-refractivity contribution in [3.63, 3.8) is 0 Å². The number of amides is 2.